The van der Waals surface area contributed by atoms with Crippen molar-refractivity contribution in [1.82, 2.24) is 0 Å². The van der Waals surface area contributed by atoms with Gasteiger partial charge in [0.15, 0.2) is 0 Å². The Morgan fingerprint density at radius 3 is 1.43 bits per heavy atom. The zero-order chi connectivity index (χ0) is 41.7. The largest absolute Gasteiger partial charge is 0.310 e. The Morgan fingerprint density at radius 1 is 0.222 bits per heavy atom. The van der Waals surface area contributed by atoms with E-state index in [-0.39, 0.29) is 0 Å². The van der Waals surface area contributed by atoms with Crippen molar-refractivity contribution in [3.63, 3.8) is 0 Å². The minimum absolute atomic E-state index is 1.09. The summed E-state index contributed by atoms with van der Waals surface area (Å²) in [5.74, 6) is 0. The van der Waals surface area contributed by atoms with Crippen molar-refractivity contribution in [1.29, 1.82) is 0 Å². The number of anilines is 3. The lowest BCUT2D eigenvalue weighted by Crippen LogP contribution is -2.11. The highest BCUT2D eigenvalue weighted by atomic mass is 15.1. The number of nitrogens with zero attached hydrogens (tertiary/aromatic N) is 1. The van der Waals surface area contributed by atoms with E-state index in [0.29, 0.717) is 0 Å². The topological polar surface area (TPSA) is 3.24 Å². The van der Waals surface area contributed by atoms with Gasteiger partial charge in [-0.15, -0.1) is 0 Å². The van der Waals surface area contributed by atoms with Gasteiger partial charge in [0.1, 0.15) is 0 Å². The highest BCUT2D eigenvalue weighted by Gasteiger charge is 2.22. The molecule has 0 radical (unpaired) electrons. The van der Waals surface area contributed by atoms with E-state index in [1.165, 1.54) is 98.4 Å². The van der Waals surface area contributed by atoms with E-state index >= 15 is 0 Å². The summed E-state index contributed by atoms with van der Waals surface area (Å²) in [7, 11) is 0. The molecular weight excluding hydrogens is 759 g/mol. The Labute approximate surface area is 367 Å². The molecule has 0 aliphatic rings. The van der Waals surface area contributed by atoms with E-state index in [1.54, 1.807) is 0 Å². The molecule has 1 nitrogen and oxygen atoms in total. The predicted octanol–water partition coefficient (Wildman–Crippen LogP) is 17.6. The minimum Gasteiger partial charge on any atom is -0.310 e. The second-order valence-electron chi connectivity index (χ2n) is 16.4. The standard InChI is InChI=1S/C62H41N/c1-4-16-43(17-5-1)52-38-39-60(57-26-14-12-24-54(52)57)63(49-33-30-42(31-34-49)47-32-36-53-48(40-47)29-28-44-18-10-11-23-51(44)53)50-35-37-56-55-25-13-15-27-58(55)61(45-19-6-2-7-20-45)62(59(56)41-50)46-21-8-3-9-22-46/h1-41H. The normalized spacial score (nSPS) is 11.5. The maximum atomic E-state index is 2.46. The quantitative estimate of drug-likeness (QED) is 0.145. The van der Waals surface area contributed by atoms with Gasteiger partial charge in [-0.25, -0.2) is 0 Å². The van der Waals surface area contributed by atoms with Crippen LogP contribution in [0.4, 0.5) is 17.1 Å². The van der Waals surface area contributed by atoms with Crippen LogP contribution in [-0.2, 0) is 0 Å². The van der Waals surface area contributed by atoms with E-state index in [1.807, 2.05) is 0 Å². The number of fused-ring (bicyclic) bond motifs is 7. The van der Waals surface area contributed by atoms with Gasteiger partial charge >= 0.3 is 0 Å². The highest BCUT2D eigenvalue weighted by molar-refractivity contribution is 6.22. The molecule has 12 rings (SSSR count). The van der Waals surface area contributed by atoms with Crippen LogP contribution in [0.1, 0.15) is 0 Å². The number of hydrogen-bond donors (Lipinski definition) is 0. The summed E-state index contributed by atoms with van der Waals surface area (Å²) in [6, 6.07) is 91.1. The zero-order valence-electron chi connectivity index (χ0n) is 34.6. The molecule has 0 fully saturated rings. The molecule has 12 aromatic rings. The Morgan fingerprint density at radius 2 is 0.714 bits per heavy atom. The SMILES string of the molecule is c1ccc(-c2ccc(N(c3ccc(-c4ccc5c(ccc6ccccc65)c4)cc3)c3ccc4c(c3)c(-c3ccccc3)c(-c3ccccc3)c3ccccc34)c3ccccc23)cc1. The van der Waals surface area contributed by atoms with Crippen molar-refractivity contribution in [3.8, 4) is 44.5 Å². The summed E-state index contributed by atoms with van der Waals surface area (Å²) in [6.07, 6.45) is 0. The third-order valence-electron chi connectivity index (χ3n) is 12.8. The minimum atomic E-state index is 1.09. The van der Waals surface area contributed by atoms with Crippen LogP contribution in [0.15, 0.2) is 249 Å². The van der Waals surface area contributed by atoms with Crippen LogP contribution in [0.3, 0.4) is 0 Å². The first-order chi connectivity index (χ1) is 31.3. The zero-order valence-corrected chi connectivity index (χ0v) is 34.6. The smallest absolute Gasteiger partial charge is 0.0540 e. The Bertz CT molecular complexity index is 3650. The van der Waals surface area contributed by atoms with Gasteiger partial charge in [0.25, 0.3) is 0 Å². The summed E-state index contributed by atoms with van der Waals surface area (Å²) in [4.78, 5) is 2.46. The van der Waals surface area contributed by atoms with E-state index < -0.39 is 0 Å². The highest BCUT2D eigenvalue weighted by Crippen LogP contribution is 2.48. The molecule has 12 aromatic carbocycles. The Balaban J connectivity index is 1.09. The van der Waals surface area contributed by atoms with Crippen molar-refractivity contribution in [2.45, 2.75) is 0 Å². The van der Waals surface area contributed by atoms with Gasteiger partial charge in [0, 0.05) is 16.8 Å². The van der Waals surface area contributed by atoms with Crippen molar-refractivity contribution in [3.05, 3.63) is 249 Å². The van der Waals surface area contributed by atoms with Crippen LogP contribution in [-0.4, -0.2) is 0 Å². The molecule has 0 unspecified atom stereocenters. The fourth-order valence-corrected chi connectivity index (χ4v) is 9.90. The first-order valence-corrected chi connectivity index (χ1v) is 21.8. The summed E-state index contributed by atoms with van der Waals surface area (Å²) in [6.45, 7) is 0. The van der Waals surface area contributed by atoms with Gasteiger partial charge in [0.05, 0.1) is 5.69 Å². The van der Waals surface area contributed by atoms with Crippen molar-refractivity contribution in [2.24, 2.45) is 0 Å². The molecular formula is C62H41N. The van der Waals surface area contributed by atoms with Crippen LogP contribution in [0.5, 0.6) is 0 Å². The fraction of sp³-hybridized carbons (Fsp3) is 0. The lowest BCUT2D eigenvalue weighted by molar-refractivity contribution is 1.30. The van der Waals surface area contributed by atoms with Gasteiger partial charge < -0.3 is 4.90 Å². The molecule has 0 aliphatic carbocycles. The van der Waals surface area contributed by atoms with E-state index in [9.17, 15) is 0 Å². The van der Waals surface area contributed by atoms with Crippen LogP contribution in [0.25, 0.3) is 98.4 Å². The first-order valence-electron chi connectivity index (χ1n) is 21.8. The molecule has 0 atom stereocenters. The van der Waals surface area contributed by atoms with Gasteiger partial charge in [-0.05, 0) is 129 Å². The van der Waals surface area contributed by atoms with Crippen LogP contribution in [0, 0.1) is 0 Å². The van der Waals surface area contributed by atoms with Crippen LogP contribution in [0.2, 0.25) is 0 Å². The van der Waals surface area contributed by atoms with Gasteiger partial charge in [0.2, 0.25) is 0 Å². The van der Waals surface area contributed by atoms with Crippen molar-refractivity contribution >= 4 is 70.9 Å². The molecule has 63 heavy (non-hydrogen) atoms. The molecule has 0 amide bonds. The third kappa shape index (κ3) is 6.33. The first kappa shape index (κ1) is 36.6. The Kier molecular flexibility index (Phi) is 8.90. The number of rotatable bonds is 7. The Hall–Kier alpha value is -8.26. The average Bonchev–Trinajstić information content (AvgIpc) is 3.36. The van der Waals surface area contributed by atoms with E-state index in [2.05, 4.69) is 254 Å². The summed E-state index contributed by atoms with van der Waals surface area (Å²) in [5.41, 5.74) is 13.0. The molecule has 0 aliphatic heterocycles. The molecule has 0 spiro atoms. The molecule has 0 heterocycles. The molecule has 0 saturated heterocycles. The maximum absolute atomic E-state index is 2.46. The van der Waals surface area contributed by atoms with Crippen molar-refractivity contribution < 1.29 is 0 Å². The van der Waals surface area contributed by atoms with E-state index in [0.717, 1.165) is 17.1 Å². The van der Waals surface area contributed by atoms with Crippen molar-refractivity contribution in [2.75, 3.05) is 4.90 Å². The number of hydrogen-bond acceptors (Lipinski definition) is 1. The third-order valence-corrected chi connectivity index (χ3v) is 12.8. The summed E-state index contributed by atoms with van der Waals surface area (Å²) >= 11 is 0. The van der Waals surface area contributed by atoms with Crippen LogP contribution >= 0.6 is 0 Å². The lowest BCUT2D eigenvalue weighted by Gasteiger charge is -2.29. The van der Waals surface area contributed by atoms with Gasteiger partial charge in [-0.1, -0.05) is 212 Å². The second-order valence-corrected chi connectivity index (χ2v) is 16.4. The fourth-order valence-electron chi connectivity index (χ4n) is 9.90. The molecule has 0 saturated carbocycles. The summed E-state index contributed by atoms with van der Waals surface area (Å²) < 4.78 is 0. The molecule has 0 bridgehead atoms. The molecule has 0 aromatic heterocycles. The lowest BCUT2D eigenvalue weighted by atomic mass is 9.85. The molecule has 294 valence electrons. The number of benzene rings is 12. The van der Waals surface area contributed by atoms with E-state index in [4.69, 9.17) is 0 Å². The molecule has 1 heteroatoms. The predicted molar refractivity (Wildman–Crippen MR) is 270 cm³/mol. The van der Waals surface area contributed by atoms with Gasteiger partial charge in [-0.3, -0.25) is 0 Å². The average molecular weight is 800 g/mol. The monoisotopic (exact) mass is 799 g/mol. The summed E-state index contributed by atoms with van der Waals surface area (Å²) in [5, 5.41) is 12.4. The molecule has 0 N–H and O–H groups in total. The van der Waals surface area contributed by atoms with Crippen LogP contribution < -0.4 is 4.90 Å². The van der Waals surface area contributed by atoms with Gasteiger partial charge in [-0.2, -0.15) is 0 Å². The maximum Gasteiger partial charge on any atom is 0.0540 e. The second kappa shape index (κ2) is 15.3.